The summed E-state index contributed by atoms with van der Waals surface area (Å²) < 4.78 is 0. The van der Waals surface area contributed by atoms with Crippen molar-refractivity contribution in [2.75, 3.05) is 5.32 Å². The average molecular weight is 251 g/mol. The zero-order chi connectivity index (χ0) is 13.5. The van der Waals surface area contributed by atoms with Crippen LogP contribution in [0, 0.1) is 12.8 Å². The molecule has 100 valence electrons. The molecule has 2 unspecified atom stereocenters. The Hall–Kier alpha value is -1.65. The summed E-state index contributed by atoms with van der Waals surface area (Å²) in [5.41, 5.74) is 1.03. The Morgan fingerprint density at radius 1 is 1.33 bits per heavy atom. The van der Waals surface area contributed by atoms with Gasteiger partial charge in [-0.2, -0.15) is 0 Å². The summed E-state index contributed by atoms with van der Waals surface area (Å²) in [5.74, 6) is -0.371. The Bertz CT molecular complexity index is 378. The number of hydrogen-bond donors (Lipinski definition) is 2. The van der Waals surface area contributed by atoms with Crippen LogP contribution in [0.2, 0.25) is 0 Å². The van der Waals surface area contributed by atoms with Gasteiger partial charge in [0, 0.05) is 18.4 Å². The van der Waals surface area contributed by atoms with Crippen LogP contribution in [0.25, 0.3) is 0 Å². The van der Waals surface area contributed by atoms with Crippen LogP contribution in [0.4, 0.5) is 5.95 Å². The van der Waals surface area contributed by atoms with E-state index in [1.165, 1.54) is 0 Å². The minimum Gasteiger partial charge on any atom is -0.481 e. The van der Waals surface area contributed by atoms with Crippen LogP contribution in [0.5, 0.6) is 0 Å². The van der Waals surface area contributed by atoms with Crippen molar-refractivity contribution in [2.24, 2.45) is 5.92 Å². The van der Waals surface area contributed by atoms with E-state index >= 15 is 0 Å². The molecule has 0 aliphatic heterocycles. The smallest absolute Gasteiger partial charge is 0.306 e. The molecule has 0 spiro atoms. The first-order valence-electron chi connectivity index (χ1n) is 6.27. The van der Waals surface area contributed by atoms with Crippen molar-refractivity contribution in [3.8, 4) is 0 Å². The van der Waals surface area contributed by atoms with Crippen molar-refractivity contribution >= 4 is 11.9 Å². The molecule has 2 atom stereocenters. The highest BCUT2D eigenvalue weighted by molar-refractivity contribution is 5.69. The van der Waals surface area contributed by atoms with Crippen LogP contribution in [-0.2, 0) is 4.79 Å². The van der Waals surface area contributed by atoms with E-state index in [9.17, 15) is 4.79 Å². The highest BCUT2D eigenvalue weighted by Crippen LogP contribution is 2.11. The maximum Gasteiger partial charge on any atom is 0.306 e. The zero-order valence-corrected chi connectivity index (χ0v) is 11.2. The van der Waals surface area contributed by atoms with Gasteiger partial charge in [0.15, 0.2) is 0 Å². The third kappa shape index (κ3) is 5.12. The fourth-order valence-electron chi connectivity index (χ4n) is 1.61. The van der Waals surface area contributed by atoms with Gasteiger partial charge in [0.2, 0.25) is 5.95 Å². The van der Waals surface area contributed by atoms with Gasteiger partial charge < -0.3 is 10.4 Å². The number of carboxylic acids is 1. The van der Waals surface area contributed by atoms with E-state index in [4.69, 9.17) is 5.11 Å². The predicted molar refractivity (Wildman–Crippen MR) is 70.5 cm³/mol. The third-order valence-electron chi connectivity index (χ3n) is 2.85. The maximum absolute atomic E-state index is 10.7. The summed E-state index contributed by atoms with van der Waals surface area (Å²) in [5, 5.41) is 12.0. The van der Waals surface area contributed by atoms with Crippen molar-refractivity contribution in [1.82, 2.24) is 9.97 Å². The highest BCUT2D eigenvalue weighted by Gasteiger charge is 2.11. The van der Waals surface area contributed by atoms with Crippen molar-refractivity contribution in [1.29, 1.82) is 0 Å². The number of aryl methyl sites for hydroxylation is 1. The Labute approximate surface area is 108 Å². The number of nitrogens with zero attached hydrogens (tertiary/aromatic N) is 2. The molecule has 0 saturated heterocycles. The fraction of sp³-hybridized carbons (Fsp3) is 0.615. The Balaban J connectivity index is 2.27. The summed E-state index contributed by atoms with van der Waals surface area (Å²) in [4.78, 5) is 19.0. The summed E-state index contributed by atoms with van der Waals surface area (Å²) in [6.07, 6.45) is 6.04. The van der Waals surface area contributed by atoms with E-state index in [1.807, 2.05) is 6.92 Å². The molecule has 18 heavy (non-hydrogen) atoms. The molecule has 0 amide bonds. The number of aliphatic carboxylic acids is 1. The molecule has 0 bridgehead atoms. The Morgan fingerprint density at radius 2 is 1.94 bits per heavy atom. The van der Waals surface area contributed by atoms with E-state index in [0.717, 1.165) is 18.4 Å². The molecular formula is C13H21N3O2. The SMILES string of the molecule is Cc1cnc(NC(C)CCCC(C)C(=O)O)nc1. The van der Waals surface area contributed by atoms with Crippen LogP contribution in [0.15, 0.2) is 12.4 Å². The van der Waals surface area contributed by atoms with Gasteiger partial charge in [-0.05, 0) is 32.3 Å². The molecule has 0 saturated carbocycles. The number of hydrogen-bond acceptors (Lipinski definition) is 4. The average Bonchev–Trinajstić information content (AvgIpc) is 2.32. The lowest BCUT2D eigenvalue weighted by atomic mass is 10.0. The predicted octanol–water partition coefficient (Wildman–Crippen LogP) is 2.48. The monoisotopic (exact) mass is 251 g/mol. The van der Waals surface area contributed by atoms with Crippen LogP contribution in [0.3, 0.4) is 0 Å². The van der Waals surface area contributed by atoms with Gasteiger partial charge in [0.1, 0.15) is 0 Å². The lowest BCUT2D eigenvalue weighted by Gasteiger charge is -2.14. The molecule has 0 fully saturated rings. The molecule has 0 aliphatic carbocycles. The summed E-state index contributed by atoms with van der Waals surface area (Å²) in [7, 11) is 0. The zero-order valence-electron chi connectivity index (χ0n) is 11.2. The lowest BCUT2D eigenvalue weighted by Crippen LogP contribution is -2.18. The van der Waals surface area contributed by atoms with Crippen LogP contribution >= 0.6 is 0 Å². The second kappa shape index (κ2) is 6.93. The van der Waals surface area contributed by atoms with E-state index in [2.05, 4.69) is 22.2 Å². The van der Waals surface area contributed by atoms with Crippen molar-refractivity contribution in [3.63, 3.8) is 0 Å². The number of aromatic nitrogens is 2. The minimum absolute atomic E-state index is 0.244. The van der Waals surface area contributed by atoms with Gasteiger partial charge in [0.05, 0.1) is 5.92 Å². The van der Waals surface area contributed by atoms with Gasteiger partial charge in [-0.15, -0.1) is 0 Å². The second-order valence-corrected chi connectivity index (χ2v) is 4.80. The van der Waals surface area contributed by atoms with Gasteiger partial charge in [-0.25, -0.2) is 9.97 Å². The number of carboxylic acid groups (broad SMARTS) is 1. The first-order chi connectivity index (χ1) is 8.49. The molecule has 1 aromatic rings. The van der Waals surface area contributed by atoms with E-state index in [0.29, 0.717) is 12.4 Å². The quantitative estimate of drug-likeness (QED) is 0.778. The largest absolute Gasteiger partial charge is 0.481 e. The molecule has 0 aliphatic rings. The number of nitrogens with one attached hydrogen (secondary N) is 1. The van der Waals surface area contributed by atoms with Gasteiger partial charge in [0.25, 0.3) is 0 Å². The first-order valence-corrected chi connectivity index (χ1v) is 6.27. The van der Waals surface area contributed by atoms with Crippen LogP contribution < -0.4 is 5.32 Å². The summed E-state index contributed by atoms with van der Waals surface area (Å²) >= 11 is 0. The Morgan fingerprint density at radius 3 is 2.50 bits per heavy atom. The van der Waals surface area contributed by atoms with Crippen molar-refractivity contribution < 1.29 is 9.90 Å². The molecule has 5 heteroatoms. The van der Waals surface area contributed by atoms with Crippen molar-refractivity contribution in [2.45, 2.75) is 46.1 Å². The normalized spacial score (nSPS) is 13.9. The van der Waals surface area contributed by atoms with E-state index in [1.54, 1.807) is 19.3 Å². The fourth-order valence-corrected chi connectivity index (χ4v) is 1.61. The van der Waals surface area contributed by atoms with Crippen LogP contribution in [0.1, 0.15) is 38.7 Å². The summed E-state index contributed by atoms with van der Waals surface area (Å²) in [6, 6.07) is 0.244. The molecule has 5 nitrogen and oxygen atoms in total. The lowest BCUT2D eigenvalue weighted by molar-refractivity contribution is -0.141. The second-order valence-electron chi connectivity index (χ2n) is 4.80. The highest BCUT2D eigenvalue weighted by atomic mass is 16.4. The van der Waals surface area contributed by atoms with E-state index < -0.39 is 5.97 Å². The van der Waals surface area contributed by atoms with Gasteiger partial charge in [-0.1, -0.05) is 13.3 Å². The first kappa shape index (κ1) is 14.4. The van der Waals surface area contributed by atoms with Crippen molar-refractivity contribution in [3.05, 3.63) is 18.0 Å². The molecule has 1 rings (SSSR count). The molecule has 0 aromatic carbocycles. The number of carbonyl (C=O) groups is 1. The number of anilines is 1. The molecule has 1 heterocycles. The maximum atomic E-state index is 10.7. The van der Waals surface area contributed by atoms with E-state index in [-0.39, 0.29) is 12.0 Å². The third-order valence-corrected chi connectivity index (χ3v) is 2.85. The van der Waals surface area contributed by atoms with Gasteiger partial charge in [-0.3, -0.25) is 4.79 Å². The topological polar surface area (TPSA) is 75.1 Å². The van der Waals surface area contributed by atoms with Gasteiger partial charge >= 0.3 is 5.97 Å². The number of rotatable bonds is 7. The minimum atomic E-state index is -0.725. The molecule has 0 radical (unpaired) electrons. The standard InChI is InChI=1S/C13H21N3O2/c1-9-7-14-13(15-8-9)16-11(3)6-4-5-10(2)12(17)18/h7-8,10-11H,4-6H2,1-3H3,(H,17,18)(H,14,15,16). The summed E-state index contributed by atoms with van der Waals surface area (Å²) in [6.45, 7) is 5.73. The van der Waals surface area contributed by atoms with Crippen LogP contribution in [-0.4, -0.2) is 27.1 Å². The molecular weight excluding hydrogens is 230 g/mol. The molecule has 2 N–H and O–H groups in total. The molecule has 1 aromatic heterocycles. The Kier molecular flexibility index (Phi) is 5.55.